The molecule has 0 bridgehead atoms. The van der Waals surface area contributed by atoms with Gasteiger partial charge in [0.15, 0.2) is 6.61 Å². The SMILES string of the molecule is O=C(CN1C(=O)COc2ccccc21)N/N=C\c1ccc(N2CCOCC2)cc1. The van der Waals surface area contributed by atoms with Gasteiger partial charge in [0, 0.05) is 18.8 Å². The van der Waals surface area contributed by atoms with Gasteiger partial charge in [-0.05, 0) is 29.8 Å². The summed E-state index contributed by atoms with van der Waals surface area (Å²) in [6.07, 6.45) is 1.58. The second-order valence-corrected chi connectivity index (χ2v) is 6.72. The van der Waals surface area contributed by atoms with Crippen molar-refractivity contribution in [1.82, 2.24) is 5.43 Å². The molecule has 2 heterocycles. The number of ether oxygens (including phenoxy) is 2. The Morgan fingerprint density at radius 2 is 1.86 bits per heavy atom. The van der Waals surface area contributed by atoms with Crippen LogP contribution in [-0.4, -0.2) is 57.5 Å². The van der Waals surface area contributed by atoms with E-state index >= 15 is 0 Å². The molecule has 150 valence electrons. The molecule has 2 aliphatic heterocycles. The molecule has 2 aromatic rings. The molecule has 1 N–H and O–H groups in total. The van der Waals surface area contributed by atoms with Gasteiger partial charge in [-0.1, -0.05) is 24.3 Å². The van der Waals surface area contributed by atoms with Gasteiger partial charge in [-0.3, -0.25) is 14.5 Å². The quantitative estimate of drug-likeness (QED) is 0.612. The number of fused-ring (bicyclic) bond motifs is 1. The number of para-hydroxylation sites is 2. The molecular weight excluding hydrogens is 372 g/mol. The molecule has 1 saturated heterocycles. The van der Waals surface area contributed by atoms with Crippen molar-refractivity contribution in [2.45, 2.75) is 0 Å². The molecule has 2 aliphatic rings. The lowest BCUT2D eigenvalue weighted by molar-refractivity contribution is -0.125. The van der Waals surface area contributed by atoms with Crippen LogP contribution < -0.4 is 20.0 Å². The van der Waals surface area contributed by atoms with Gasteiger partial charge in [0.1, 0.15) is 12.3 Å². The number of amides is 2. The number of hydrogen-bond acceptors (Lipinski definition) is 6. The molecule has 2 aromatic carbocycles. The summed E-state index contributed by atoms with van der Waals surface area (Å²) in [5, 5.41) is 4.00. The molecular formula is C21H22N4O4. The van der Waals surface area contributed by atoms with Crippen molar-refractivity contribution in [3.8, 4) is 5.75 Å². The van der Waals surface area contributed by atoms with Gasteiger partial charge in [-0.25, -0.2) is 5.43 Å². The highest BCUT2D eigenvalue weighted by Crippen LogP contribution is 2.31. The Morgan fingerprint density at radius 3 is 2.66 bits per heavy atom. The van der Waals surface area contributed by atoms with Crippen LogP contribution in [0.25, 0.3) is 0 Å². The number of benzene rings is 2. The number of anilines is 2. The van der Waals surface area contributed by atoms with Gasteiger partial charge in [-0.2, -0.15) is 5.10 Å². The highest BCUT2D eigenvalue weighted by atomic mass is 16.5. The number of nitrogens with one attached hydrogen (secondary N) is 1. The lowest BCUT2D eigenvalue weighted by Gasteiger charge is -2.28. The van der Waals surface area contributed by atoms with E-state index in [9.17, 15) is 9.59 Å². The molecule has 0 spiro atoms. The summed E-state index contributed by atoms with van der Waals surface area (Å²) in [7, 11) is 0. The summed E-state index contributed by atoms with van der Waals surface area (Å²) in [6.45, 7) is 3.05. The predicted octanol–water partition coefficient (Wildman–Crippen LogP) is 1.40. The van der Waals surface area contributed by atoms with Gasteiger partial charge in [0.05, 0.1) is 25.1 Å². The fourth-order valence-corrected chi connectivity index (χ4v) is 3.28. The van der Waals surface area contributed by atoms with Crippen molar-refractivity contribution >= 4 is 29.4 Å². The number of morpholine rings is 1. The van der Waals surface area contributed by atoms with E-state index in [-0.39, 0.29) is 25.0 Å². The number of rotatable bonds is 5. The van der Waals surface area contributed by atoms with Crippen LogP contribution in [0, 0.1) is 0 Å². The maximum Gasteiger partial charge on any atom is 0.265 e. The average molecular weight is 394 g/mol. The molecule has 0 atom stereocenters. The Kier molecular flexibility index (Phi) is 5.71. The topological polar surface area (TPSA) is 83.5 Å². The summed E-state index contributed by atoms with van der Waals surface area (Å²) in [6, 6.07) is 15.1. The highest BCUT2D eigenvalue weighted by molar-refractivity contribution is 6.02. The number of nitrogens with zero attached hydrogens (tertiary/aromatic N) is 3. The minimum absolute atomic E-state index is 0.0803. The van der Waals surface area contributed by atoms with Crippen LogP contribution in [0.3, 0.4) is 0 Å². The van der Waals surface area contributed by atoms with Crippen LogP contribution in [-0.2, 0) is 14.3 Å². The van der Waals surface area contributed by atoms with Crippen LogP contribution in [0.15, 0.2) is 53.6 Å². The Morgan fingerprint density at radius 1 is 1.10 bits per heavy atom. The zero-order valence-corrected chi connectivity index (χ0v) is 15.9. The van der Waals surface area contributed by atoms with Gasteiger partial charge in [0.25, 0.3) is 11.8 Å². The smallest absolute Gasteiger partial charge is 0.265 e. The number of hydrogen-bond donors (Lipinski definition) is 1. The Bertz CT molecular complexity index is 907. The van der Waals surface area contributed by atoms with E-state index < -0.39 is 0 Å². The summed E-state index contributed by atoms with van der Waals surface area (Å²) in [5.41, 5.74) is 5.07. The molecule has 29 heavy (non-hydrogen) atoms. The lowest BCUT2D eigenvalue weighted by atomic mass is 10.2. The first-order chi connectivity index (χ1) is 14.2. The fourth-order valence-electron chi connectivity index (χ4n) is 3.28. The van der Waals surface area contributed by atoms with E-state index in [0.29, 0.717) is 11.4 Å². The molecule has 8 heteroatoms. The van der Waals surface area contributed by atoms with Crippen molar-refractivity contribution < 1.29 is 19.1 Å². The number of carbonyl (C=O) groups is 2. The minimum atomic E-state index is -0.378. The standard InChI is InChI=1S/C21H22N4O4/c26-20(14-25-18-3-1-2-4-19(18)29-15-21(25)27)23-22-13-16-5-7-17(8-6-16)24-9-11-28-12-10-24/h1-8,13H,9-12,14-15H2,(H,23,26)/b22-13-. The van der Waals surface area contributed by atoms with Crippen molar-refractivity contribution in [2.24, 2.45) is 5.10 Å². The Hall–Kier alpha value is -3.39. The second-order valence-electron chi connectivity index (χ2n) is 6.72. The monoisotopic (exact) mass is 394 g/mol. The maximum absolute atomic E-state index is 12.2. The minimum Gasteiger partial charge on any atom is -0.482 e. The van der Waals surface area contributed by atoms with E-state index in [4.69, 9.17) is 9.47 Å². The zero-order chi connectivity index (χ0) is 20.1. The third-order valence-corrected chi connectivity index (χ3v) is 4.78. The fraction of sp³-hybridized carbons (Fsp3) is 0.286. The summed E-state index contributed by atoms with van der Waals surface area (Å²) in [5.74, 6) is -0.0541. The van der Waals surface area contributed by atoms with Crippen LogP contribution in [0.5, 0.6) is 5.75 Å². The zero-order valence-electron chi connectivity index (χ0n) is 15.9. The molecule has 4 rings (SSSR count). The second kappa shape index (κ2) is 8.74. The highest BCUT2D eigenvalue weighted by Gasteiger charge is 2.26. The molecule has 8 nitrogen and oxygen atoms in total. The van der Waals surface area contributed by atoms with Crippen LogP contribution in [0.2, 0.25) is 0 Å². The first kappa shape index (κ1) is 18.9. The van der Waals surface area contributed by atoms with Crippen LogP contribution >= 0.6 is 0 Å². The molecule has 0 unspecified atom stereocenters. The Balaban J connectivity index is 1.32. The van der Waals surface area contributed by atoms with Crippen molar-refractivity contribution in [1.29, 1.82) is 0 Å². The maximum atomic E-state index is 12.2. The van der Waals surface area contributed by atoms with E-state index in [1.807, 2.05) is 30.3 Å². The number of hydrazone groups is 1. The van der Waals surface area contributed by atoms with Crippen molar-refractivity contribution in [2.75, 3.05) is 49.3 Å². The first-order valence-electron chi connectivity index (χ1n) is 9.47. The van der Waals surface area contributed by atoms with E-state index in [0.717, 1.165) is 37.6 Å². The lowest BCUT2D eigenvalue weighted by Crippen LogP contribution is -2.44. The molecule has 1 fully saturated rings. The van der Waals surface area contributed by atoms with Gasteiger partial charge >= 0.3 is 0 Å². The molecule has 0 aliphatic carbocycles. The third-order valence-electron chi connectivity index (χ3n) is 4.78. The predicted molar refractivity (Wildman–Crippen MR) is 110 cm³/mol. The summed E-state index contributed by atoms with van der Waals surface area (Å²) < 4.78 is 10.7. The molecule has 0 saturated carbocycles. The Labute approximate surface area is 168 Å². The van der Waals surface area contributed by atoms with Gasteiger partial charge < -0.3 is 14.4 Å². The van der Waals surface area contributed by atoms with Gasteiger partial charge in [0.2, 0.25) is 0 Å². The van der Waals surface area contributed by atoms with Crippen molar-refractivity contribution in [3.63, 3.8) is 0 Å². The third kappa shape index (κ3) is 4.55. The first-order valence-corrected chi connectivity index (χ1v) is 9.47. The normalized spacial score (nSPS) is 16.5. The van der Waals surface area contributed by atoms with E-state index in [2.05, 4.69) is 15.4 Å². The van der Waals surface area contributed by atoms with Crippen molar-refractivity contribution in [3.05, 3.63) is 54.1 Å². The molecule has 2 amide bonds. The number of carbonyl (C=O) groups excluding carboxylic acids is 2. The van der Waals surface area contributed by atoms with E-state index in [1.54, 1.807) is 24.4 Å². The van der Waals surface area contributed by atoms with Gasteiger partial charge in [-0.15, -0.1) is 0 Å². The average Bonchev–Trinajstić information content (AvgIpc) is 2.77. The van der Waals surface area contributed by atoms with Crippen LogP contribution in [0.1, 0.15) is 5.56 Å². The summed E-state index contributed by atoms with van der Waals surface area (Å²) in [4.78, 5) is 28.0. The molecule has 0 radical (unpaired) electrons. The summed E-state index contributed by atoms with van der Waals surface area (Å²) >= 11 is 0. The molecule has 0 aromatic heterocycles. The van der Waals surface area contributed by atoms with E-state index in [1.165, 1.54) is 4.90 Å². The van der Waals surface area contributed by atoms with Crippen LogP contribution in [0.4, 0.5) is 11.4 Å². The largest absolute Gasteiger partial charge is 0.482 e.